The van der Waals surface area contributed by atoms with E-state index in [1.54, 1.807) is 0 Å². The van der Waals surface area contributed by atoms with E-state index in [0.29, 0.717) is 16.1 Å². The maximum absolute atomic E-state index is 11.4. The van der Waals surface area contributed by atoms with Gasteiger partial charge < -0.3 is 10.2 Å². The normalized spacial score (nSPS) is 11.0. The minimum Gasteiger partial charge on any atom is -0.382 e. The summed E-state index contributed by atoms with van der Waals surface area (Å²) in [5.41, 5.74) is 1.55. The molecule has 0 fully saturated rings. The van der Waals surface area contributed by atoms with Gasteiger partial charge in [-0.2, -0.15) is 0 Å². The molecule has 4 heteroatoms. The fraction of sp³-hybridized carbons (Fsp3) is 0.636. The Balaban J connectivity index is 2.66. The van der Waals surface area contributed by atoms with Crippen molar-refractivity contribution in [2.45, 2.75) is 20.3 Å². The van der Waals surface area contributed by atoms with Crippen LogP contribution in [-0.4, -0.2) is 20.6 Å². The minimum absolute atomic E-state index is 0.0120. The molecule has 1 rings (SSSR count). The second-order valence-corrected chi connectivity index (χ2v) is 4.79. The van der Waals surface area contributed by atoms with Gasteiger partial charge in [0.1, 0.15) is 10.2 Å². The molecule has 0 spiro atoms. The van der Waals surface area contributed by atoms with Crippen molar-refractivity contribution in [3.8, 4) is 0 Å². The van der Waals surface area contributed by atoms with E-state index < -0.39 is 0 Å². The van der Waals surface area contributed by atoms with E-state index in [-0.39, 0.29) is 5.43 Å². The van der Waals surface area contributed by atoms with E-state index in [2.05, 4.69) is 19.2 Å². The first-order valence-corrected chi connectivity index (χ1v) is 5.60. The van der Waals surface area contributed by atoms with Crippen molar-refractivity contribution in [2.75, 3.05) is 30.9 Å². The minimum atomic E-state index is -0.0120. The Kier molecular flexibility index (Phi) is 3.85. The summed E-state index contributed by atoms with van der Waals surface area (Å²) in [6, 6.07) is 0. The highest BCUT2D eigenvalue weighted by Gasteiger charge is 2.18. The lowest BCUT2D eigenvalue weighted by Gasteiger charge is -2.20. The molecule has 0 saturated carbocycles. The molecule has 0 amide bonds. The van der Waals surface area contributed by atoms with Crippen LogP contribution in [0.25, 0.3) is 0 Å². The average molecular weight is 226 g/mol. The van der Waals surface area contributed by atoms with E-state index >= 15 is 0 Å². The first-order chi connectivity index (χ1) is 6.95. The Morgan fingerprint density at radius 1 is 1.40 bits per heavy atom. The van der Waals surface area contributed by atoms with E-state index in [9.17, 15) is 4.79 Å². The second-order valence-electron chi connectivity index (χ2n) is 4.39. The topological polar surface area (TPSA) is 32.3 Å². The number of nitrogens with one attached hydrogen (secondary N) is 1. The Bertz CT molecular complexity index is 403. The lowest BCUT2D eigenvalue weighted by molar-refractivity contribution is 0.607. The fourth-order valence-electron chi connectivity index (χ4n) is 1.46. The van der Waals surface area contributed by atoms with Gasteiger partial charge in [0.15, 0.2) is 0 Å². The molecule has 1 N–H and O–H groups in total. The van der Waals surface area contributed by atoms with Crippen LogP contribution >= 0.6 is 12.2 Å². The molecule has 3 nitrogen and oxygen atoms in total. The molecule has 0 saturated heterocycles. The molecule has 15 heavy (non-hydrogen) atoms. The molecule has 0 aliphatic rings. The molecule has 0 aliphatic heterocycles. The molecule has 0 aliphatic carbocycles. The van der Waals surface area contributed by atoms with Gasteiger partial charge in [-0.05, 0) is 12.3 Å². The summed E-state index contributed by atoms with van der Waals surface area (Å²) in [6.45, 7) is 5.22. The third-order valence-electron chi connectivity index (χ3n) is 2.36. The SMILES string of the molecule is CC(C)CCNc1c(N(C)C)c(=O)c1=S. The Hall–Kier alpha value is -0.900. The molecule has 0 aromatic heterocycles. The van der Waals surface area contributed by atoms with Crippen LogP contribution in [0.4, 0.5) is 11.4 Å². The van der Waals surface area contributed by atoms with Crippen molar-refractivity contribution in [1.29, 1.82) is 0 Å². The van der Waals surface area contributed by atoms with Gasteiger partial charge in [0.2, 0.25) is 5.43 Å². The van der Waals surface area contributed by atoms with Gasteiger partial charge in [0.25, 0.3) is 0 Å². The summed E-state index contributed by atoms with van der Waals surface area (Å²) >= 11 is 5.01. The van der Waals surface area contributed by atoms with Gasteiger partial charge in [-0.1, -0.05) is 26.1 Å². The zero-order chi connectivity index (χ0) is 11.6. The highest BCUT2D eigenvalue weighted by atomic mass is 32.1. The Morgan fingerprint density at radius 2 is 2.00 bits per heavy atom. The predicted molar refractivity (Wildman–Crippen MR) is 68.2 cm³/mol. The van der Waals surface area contributed by atoms with Crippen LogP contribution in [0.15, 0.2) is 4.79 Å². The third kappa shape index (κ3) is 2.56. The van der Waals surface area contributed by atoms with Crippen LogP contribution in [-0.2, 0) is 0 Å². The van der Waals surface area contributed by atoms with Crippen molar-refractivity contribution in [2.24, 2.45) is 5.92 Å². The van der Waals surface area contributed by atoms with Crippen LogP contribution in [0, 0.1) is 10.4 Å². The highest BCUT2D eigenvalue weighted by molar-refractivity contribution is 7.71. The van der Waals surface area contributed by atoms with Crippen LogP contribution in [0.3, 0.4) is 0 Å². The molecular weight excluding hydrogens is 208 g/mol. The van der Waals surface area contributed by atoms with Crippen LogP contribution in [0.5, 0.6) is 0 Å². The van der Waals surface area contributed by atoms with Crippen molar-refractivity contribution >= 4 is 23.6 Å². The number of hydrogen-bond donors (Lipinski definition) is 1. The van der Waals surface area contributed by atoms with E-state index in [0.717, 1.165) is 18.7 Å². The lowest BCUT2D eigenvalue weighted by Crippen LogP contribution is -2.27. The first-order valence-electron chi connectivity index (χ1n) is 5.19. The van der Waals surface area contributed by atoms with Gasteiger partial charge in [0, 0.05) is 20.6 Å². The summed E-state index contributed by atoms with van der Waals surface area (Å²) < 4.78 is 0.447. The number of rotatable bonds is 5. The molecule has 0 bridgehead atoms. The van der Waals surface area contributed by atoms with Crippen molar-refractivity contribution in [1.82, 2.24) is 0 Å². The quantitative estimate of drug-likeness (QED) is 0.780. The number of anilines is 2. The summed E-state index contributed by atoms with van der Waals surface area (Å²) in [6.07, 6.45) is 1.08. The molecule has 0 unspecified atom stereocenters. The molecule has 1 aromatic rings. The third-order valence-corrected chi connectivity index (χ3v) is 2.75. The maximum Gasteiger partial charge on any atom is 0.224 e. The zero-order valence-electron chi connectivity index (χ0n) is 9.76. The molecule has 0 atom stereocenters. The van der Waals surface area contributed by atoms with Crippen molar-refractivity contribution in [3.05, 3.63) is 14.7 Å². The first kappa shape index (κ1) is 12.2. The summed E-state index contributed by atoms with van der Waals surface area (Å²) in [5.74, 6) is 0.658. The highest BCUT2D eigenvalue weighted by Crippen LogP contribution is 2.25. The molecule has 1 aromatic carbocycles. The smallest absolute Gasteiger partial charge is 0.224 e. The molecule has 0 radical (unpaired) electrons. The lowest BCUT2D eigenvalue weighted by atomic mass is 10.1. The fourth-order valence-corrected chi connectivity index (χ4v) is 1.72. The van der Waals surface area contributed by atoms with Crippen molar-refractivity contribution in [3.63, 3.8) is 0 Å². The average Bonchev–Trinajstić information content (AvgIpc) is 2.14. The summed E-state index contributed by atoms with van der Waals surface area (Å²) in [5, 5.41) is 3.24. The van der Waals surface area contributed by atoms with E-state index in [1.165, 1.54) is 0 Å². The van der Waals surface area contributed by atoms with Gasteiger partial charge in [0.05, 0.1) is 5.69 Å². The summed E-state index contributed by atoms with van der Waals surface area (Å²) in [7, 11) is 3.72. The molecular formula is C11H18N2OS. The van der Waals surface area contributed by atoms with E-state index in [1.807, 2.05) is 19.0 Å². The molecule has 0 heterocycles. The van der Waals surface area contributed by atoms with E-state index in [4.69, 9.17) is 12.2 Å². The van der Waals surface area contributed by atoms with Gasteiger partial charge in [-0.15, -0.1) is 0 Å². The maximum atomic E-state index is 11.4. The second kappa shape index (κ2) is 4.75. The monoisotopic (exact) mass is 226 g/mol. The van der Waals surface area contributed by atoms with Gasteiger partial charge >= 0.3 is 0 Å². The van der Waals surface area contributed by atoms with Crippen molar-refractivity contribution < 1.29 is 0 Å². The Morgan fingerprint density at radius 3 is 2.47 bits per heavy atom. The van der Waals surface area contributed by atoms with Gasteiger partial charge in [-0.3, -0.25) is 4.79 Å². The van der Waals surface area contributed by atoms with Crippen LogP contribution in [0.1, 0.15) is 20.3 Å². The summed E-state index contributed by atoms with van der Waals surface area (Å²) in [4.78, 5) is 13.2. The predicted octanol–water partition coefficient (Wildman–Crippen LogP) is 2.18. The zero-order valence-corrected chi connectivity index (χ0v) is 10.6. The van der Waals surface area contributed by atoms with Crippen LogP contribution in [0.2, 0.25) is 0 Å². The van der Waals surface area contributed by atoms with Gasteiger partial charge in [-0.25, -0.2) is 0 Å². The number of hydrogen-bond acceptors (Lipinski definition) is 4. The van der Waals surface area contributed by atoms with Crippen LogP contribution < -0.4 is 15.6 Å². The standard InChI is InChI=1S/C11H18N2OS/c1-7(2)5-6-12-8-9(13(3)4)10(14)11(8)15/h7,12H,5-6H2,1-4H3. The Labute approximate surface area is 95.8 Å². The molecule has 84 valence electrons. The number of nitrogens with zero attached hydrogens (tertiary/aromatic N) is 1. The largest absolute Gasteiger partial charge is 0.382 e.